The summed E-state index contributed by atoms with van der Waals surface area (Å²) in [7, 11) is 0. The van der Waals surface area contributed by atoms with Crippen molar-refractivity contribution in [3.8, 4) is 0 Å². The minimum atomic E-state index is 0.654. The van der Waals surface area contributed by atoms with E-state index in [-0.39, 0.29) is 0 Å². The Morgan fingerprint density at radius 2 is 2.00 bits per heavy atom. The van der Waals surface area contributed by atoms with Crippen LogP contribution in [0.25, 0.3) is 0 Å². The maximum atomic E-state index is 6.01. The second-order valence-corrected chi connectivity index (χ2v) is 5.72. The van der Waals surface area contributed by atoms with Crippen LogP contribution in [0.3, 0.4) is 0 Å². The highest BCUT2D eigenvalue weighted by atomic mass is 35.5. The maximum Gasteiger partial charge on any atom is 0.0595 e. The van der Waals surface area contributed by atoms with Gasteiger partial charge in [-0.3, -0.25) is 0 Å². The number of hydrogen-bond donors (Lipinski definition) is 0. The van der Waals surface area contributed by atoms with Gasteiger partial charge in [-0.15, -0.1) is 0 Å². The van der Waals surface area contributed by atoms with Gasteiger partial charge in [0.1, 0.15) is 0 Å². The van der Waals surface area contributed by atoms with Gasteiger partial charge in [0.15, 0.2) is 0 Å². The predicted molar refractivity (Wildman–Crippen MR) is 66.8 cm³/mol. The zero-order valence-electron chi connectivity index (χ0n) is 9.13. The van der Waals surface area contributed by atoms with E-state index in [2.05, 4.69) is 19.9 Å². The van der Waals surface area contributed by atoms with E-state index in [1.807, 2.05) is 12.1 Å². The first-order valence-electron chi connectivity index (χ1n) is 5.53. The molecule has 1 aromatic rings. The van der Waals surface area contributed by atoms with E-state index in [1.54, 1.807) is 0 Å². The molecule has 15 heavy (non-hydrogen) atoms. The Labute approximate surface area is 102 Å². The van der Waals surface area contributed by atoms with E-state index in [4.69, 9.17) is 23.2 Å². The molecule has 0 bridgehead atoms. The van der Waals surface area contributed by atoms with Crippen molar-refractivity contribution in [3.05, 3.63) is 33.8 Å². The first-order chi connectivity index (χ1) is 7.08. The second-order valence-electron chi connectivity index (χ2n) is 4.91. The van der Waals surface area contributed by atoms with Crippen LogP contribution >= 0.6 is 23.2 Å². The summed E-state index contributed by atoms with van der Waals surface area (Å²) in [6, 6.07) is 6.04. The third-order valence-corrected chi connectivity index (χ3v) is 3.81. The molecule has 0 aromatic heterocycles. The molecule has 2 atom stereocenters. The third-order valence-electron chi connectivity index (χ3n) is 3.07. The highest BCUT2D eigenvalue weighted by Gasteiger charge is 2.38. The summed E-state index contributed by atoms with van der Waals surface area (Å²) in [6.07, 6.45) is 2.64. The average molecular weight is 243 g/mol. The lowest BCUT2D eigenvalue weighted by Gasteiger charge is -2.04. The molecule has 0 N–H and O–H groups in total. The number of hydrogen-bond acceptors (Lipinski definition) is 0. The van der Waals surface area contributed by atoms with Crippen molar-refractivity contribution < 1.29 is 0 Å². The summed E-state index contributed by atoms with van der Waals surface area (Å²) < 4.78 is 0. The molecule has 1 aromatic carbocycles. The van der Waals surface area contributed by atoms with Gasteiger partial charge in [0.2, 0.25) is 0 Å². The fourth-order valence-electron chi connectivity index (χ4n) is 2.26. The molecule has 2 heteroatoms. The molecule has 1 aliphatic rings. The molecule has 2 unspecified atom stereocenters. The Kier molecular flexibility index (Phi) is 3.27. The Morgan fingerprint density at radius 1 is 1.27 bits per heavy atom. The molecule has 0 nitrogen and oxygen atoms in total. The lowest BCUT2D eigenvalue weighted by atomic mass is 10.0. The minimum absolute atomic E-state index is 0.654. The third kappa shape index (κ3) is 2.68. The van der Waals surface area contributed by atoms with Crippen LogP contribution < -0.4 is 0 Å². The van der Waals surface area contributed by atoms with Crippen LogP contribution in [0.1, 0.15) is 38.2 Å². The van der Waals surface area contributed by atoms with Gasteiger partial charge in [0, 0.05) is 0 Å². The van der Waals surface area contributed by atoms with E-state index in [1.165, 1.54) is 18.4 Å². The van der Waals surface area contributed by atoms with Crippen LogP contribution in [-0.4, -0.2) is 0 Å². The Morgan fingerprint density at radius 3 is 2.60 bits per heavy atom. The van der Waals surface area contributed by atoms with Crippen LogP contribution in [-0.2, 0) is 0 Å². The van der Waals surface area contributed by atoms with Crippen molar-refractivity contribution >= 4 is 23.2 Å². The van der Waals surface area contributed by atoms with Crippen molar-refractivity contribution in [1.82, 2.24) is 0 Å². The predicted octanol–water partition coefficient (Wildman–Crippen LogP) is 5.14. The molecule has 1 fully saturated rings. The van der Waals surface area contributed by atoms with Gasteiger partial charge in [0.05, 0.1) is 10.0 Å². The standard InChI is InChI=1S/C13H16Cl2/c1-8(2)5-10-6-11(10)9-3-4-12(14)13(15)7-9/h3-4,7-8,10-11H,5-6H2,1-2H3. The summed E-state index contributed by atoms with van der Waals surface area (Å²) in [5, 5.41) is 1.34. The molecule has 0 spiro atoms. The molecule has 82 valence electrons. The summed E-state index contributed by atoms with van der Waals surface area (Å²) >= 11 is 11.9. The van der Waals surface area contributed by atoms with Gasteiger partial charge in [-0.2, -0.15) is 0 Å². The molecular formula is C13H16Cl2. The zero-order valence-corrected chi connectivity index (χ0v) is 10.6. The van der Waals surface area contributed by atoms with Crippen molar-refractivity contribution in [2.24, 2.45) is 11.8 Å². The molecule has 0 saturated heterocycles. The monoisotopic (exact) mass is 242 g/mol. The Hall–Kier alpha value is -0.200. The van der Waals surface area contributed by atoms with Crippen molar-refractivity contribution in [2.45, 2.75) is 32.6 Å². The topological polar surface area (TPSA) is 0 Å². The molecule has 1 aliphatic carbocycles. The van der Waals surface area contributed by atoms with E-state index in [0.29, 0.717) is 10.0 Å². The molecule has 0 amide bonds. The van der Waals surface area contributed by atoms with Crippen LogP contribution in [0.15, 0.2) is 18.2 Å². The lowest BCUT2D eigenvalue weighted by Crippen LogP contribution is -1.91. The summed E-state index contributed by atoms with van der Waals surface area (Å²) in [5.74, 6) is 2.38. The van der Waals surface area contributed by atoms with E-state index < -0.39 is 0 Å². The van der Waals surface area contributed by atoms with E-state index >= 15 is 0 Å². The highest BCUT2D eigenvalue weighted by molar-refractivity contribution is 6.42. The summed E-state index contributed by atoms with van der Waals surface area (Å²) in [6.45, 7) is 4.56. The molecular weight excluding hydrogens is 227 g/mol. The molecule has 0 heterocycles. The molecule has 1 saturated carbocycles. The van der Waals surface area contributed by atoms with Crippen LogP contribution in [0.4, 0.5) is 0 Å². The first kappa shape index (κ1) is 11.3. The highest BCUT2D eigenvalue weighted by Crippen LogP contribution is 2.51. The van der Waals surface area contributed by atoms with Gasteiger partial charge >= 0.3 is 0 Å². The number of halogens is 2. The molecule has 0 aliphatic heterocycles. The Bertz CT molecular complexity index is 358. The van der Waals surface area contributed by atoms with E-state index in [9.17, 15) is 0 Å². The Balaban J connectivity index is 2.04. The second kappa shape index (κ2) is 4.35. The summed E-state index contributed by atoms with van der Waals surface area (Å²) in [4.78, 5) is 0. The molecule has 2 rings (SSSR count). The van der Waals surface area contributed by atoms with Gasteiger partial charge < -0.3 is 0 Å². The van der Waals surface area contributed by atoms with Crippen LogP contribution in [0, 0.1) is 11.8 Å². The largest absolute Gasteiger partial charge is 0.0827 e. The normalized spacial score (nSPS) is 24.6. The lowest BCUT2D eigenvalue weighted by molar-refractivity contribution is 0.532. The SMILES string of the molecule is CC(C)CC1CC1c1ccc(Cl)c(Cl)c1. The first-order valence-corrected chi connectivity index (χ1v) is 6.28. The summed E-state index contributed by atoms with van der Waals surface area (Å²) in [5.41, 5.74) is 1.36. The van der Waals surface area contributed by atoms with Gasteiger partial charge in [0.25, 0.3) is 0 Å². The number of benzene rings is 1. The van der Waals surface area contributed by atoms with Crippen molar-refractivity contribution in [2.75, 3.05) is 0 Å². The fraction of sp³-hybridized carbons (Fsp3) is 0.538. The van der Waals surface area contributed by atoms with Crippen molar-refractivity contribution in [1.29, 1.82) is 0 Å². The quantitative estimate of drug-likeness (QED) is 0.689. The zero-order chi connectivity index (χ0) is 11.0. The number of rotatable bonds is 3. The smallest absolute Gasteiger partial charge is 0.0595 e. The maximum absolute atomic E-state index is 6.01. The fourth-order valence-corrected chi connectivity index (χ4v) is 2.57. The van der Waals surface area contributed by atoms with Gasteiger partial charge in [-0.1, -0.05) is 43.1 Å². The van der Waals surface area contributed by atoms with Crippen LogP contribution in [0.5, 0.6) is 0 Å². The van der Waals surface area contributed by atoms with E-state index in [0.717, 1.165) is 17.8 Å². The molecule has 0 radical (unpaired) electrons. The minimum Gasteiger partial charge on any atom is -0.0827 e. The van der Waals surface area contributed by atoms with Gasteiger partial charge in [-0.05, 0) is 48.3 Å². The van der Waals surface area contributed by atoms with Crippen LogP contribution in [0.2, 0.25) is 10.0 Å². The van der Waals surface area contributed by atoms with Crippen molar-refractivity contribution in [3.63, 3.8) is 0 Å². The average Bonchev–Trinajstić information content (AvgIpc) is 2.88. The van der Waals surface area contributed by atoms with Gasteiger partial charge in [-0.25, -0.2) is 0 Å².